The molecule has 2 rings (SSSR count). The molecule has 0 aliphatic carbocycles. The lowest BCUT2D eigenvalue weighted by Crippen LogP contribution is -2.12. The second-order valence-electron chi connectivity index (χ2n) is 3.82. The molecule has 0 saturated heterocycles. The van der Waals surface area contributed by atoms with Crippen LogP contribution in [0.15, 0.2) is 48.5 Å². The van der Waals surface area contributed by atoms with Crippen LogP contribution in [-0.4, -0.2) is 5.97 Å². The second-order valence-corrected chi connectivity index (χ2v) is 5.06. The molecule has 0 radical (unpaired) electrons. The fourth-order valence-electron chi connectivity index (χ4n) is 1.52. The van der Waals surface area contributed by atoms with Crippen LogP contribution in [0.1, 0.15) is 15.9 Å². The van der Waals surface area contributed by atoms with Crippen molar-refractivity contribution in [3.8, 4) is 0 Å². The topological polar surface area (TPSA) is 38.3 Å². The molecule has 4 heteroatoms. The molecule has 0 bridgehead atoms. The van der Waals surface area contributed by atoms with Gasteiger partial charge in [-0.15, -0.1) is 0 Å². The summed E-state index contributed by atoms with van der Waals surface area (Å²) in [5, 5.41) is 0. The summed E-state index contributed by atoms with van der Waals surface area (Å²) >= 11 is 2.21. The van der Waals surface area contributed by atoms with Gasteiger partial charge in [0.05, 0.1) is 11.3 Å². The van der Waals surface area contributed by atoms with E-state index in [4.69, 9.17) is 4.84 Å². The number of aryl methyl sites for hydroxylation is 1. The number of para-hydroxylation sites is 1. The first-order valence-corrected chi connectivity index (χ1v) is 6.53. The summed E-state index contributed by atoms with van der Waals surface area (Å²) in [7, 11) is 0. The van der Waals surface area contributed by atoms with Crippen molar-refractivity contribution >= 4 is 34.2 Å². The molecule has 0 spiro atoms. The maximum Gasteiger partial charge on any atom is 0.363 e. The van der Waals surface area contributed by atoms with E-state index in [9.17, 15) is 4.79 Å². The molecule has 3 nitrogen and oxygen atoms in total. The van der Waals surface area contributed by atoms with Gasteiger partial charge in [-0.3, -0.25) is 0 Å². The normalized spacial score (nSPS) is 9.89. The number of hydrogen-bond acceptors (Lipinski definition) is 3. The van der Waals surface area contributed by atoms with Crippen molar-refractivity contribution in [2.24, 2.45) is 0 Å². The monoisotopic (exact) mass is 353 g/mol. The molecule has 1 N–H and O–H groups in total. The zero-order chi connectivity index (χ0) is 13.0. The number of hydrogen-bond donors (Lipinski definition) is 1. The van der Waals surface area contributed by atoms with E-state index >= 15 is 0 Å². The van der Waals surface area contributed by atoms with Gasteiger partial charge in [0.15, 0.2) is 0 Å². The molecule has 0 heterocycles. The van der Waals surface area contributed by atoms with E-state index < -0.39 is 0 Å². The number of rotatable bonds is 3. The minimum absolute atomic E-state index is 0.382. The lowest BCUT2D eigenvalue weighted by atomic mass is 10.1. The Morgan fingerprint density at radius 2 is 1.89 bits per heavy atom. The largest absolute Gasteiger partial charge is 0.363 e. The van der Waals surface area contributed by atoms with Gasteiger partial charge in [0.25, 0.3) is 0 Å². The molecule has 0 unspecified atom stereocenters. The van der Waals surface area contributed by atoms with Crippen molar-refractivity contribution in [3.05, 3.63) is 63.2 Å². The van der Waals surface area contributed by atoms with Gasteiger partial charge in [-0.05, 0) is 65.4 Å². The molecule has 18 heavy (non-hydrogen) atoms. The minimum atomic E-state index is -0.382. The van der Waals surface area contributed by atoms with Crippen LogP contribution in [0.4, 0.5) is 5.69 Å². The molecule has 2 aromatic rings. The lowest BCUT2D eigenvalue weighted by Gasteiger charge is -2.08. The fourth-order valence-corrected chi connectivity index (χ4v) is 2.17. The van der Waals surface area contributed by atoms with Crippen LogP contribution in [0.2, 0.25) is 0 Å². The predicted molar refractivity (Wildman–Crippen MR) is 79.4 cm³/mol. The molecule has 0 atom stereocenters. The minimum Gasteiger partial charge on any atom is -0.338 e. The van der Waals surface area contributed by atoms with Gasteiger partial charge >= 0.3 is 5.97 Å². The molecular weight excluding hydrogens is 341 g/mol. The van der Waals surface area contributed by atoms with Crippen molar-refractivity contribution in [2.45, 2.75) is 6.92 Å². The summed E-state index contributed by atoms with van der Waals surface area (Å²) in [6, 6.07) is 14.9. The SMILES string of the molecule is Cc1cc(I)ccc1C(=O)ONc1ccccc1. The molecule has 92 valence electrons. The quantitative estimate of drug-likeness (QED) is 0.674. The Morgan fingerprint density at radius 1 is 1.17 bits per heavy atom. The van der Waals surface area contributed by atoms with Crippen LogP contribution >= 0.6 is 22.6 Å². The third kappa shape index (κ3) is 3.22. The number of carbonyl (C=O) groups is 1. The Balaban J connectivity index is 2.04. The van der Waals surface area contributed by atoms with E-state index in [-0.39, 0.29) is 5.97 Å². The average Bonchev–Trinajstić information content (AvgIpc) is 2.37. The number of anilines is 1. The van der Waals surface area contributed by atoms with Crippen LogP contribution in [0.25, 0.3) is 0 Å². The van der Waals surface area contributed by atoms with Crippen LogP contribution in [0.3, 0.4) is 0 Å². The van der Waals surface area contributed by atoms with Crippen LogP contribution < -0.4 is 5.48 Å². The highest BCUT2D eigenvalue weighted by molar-refractivity contribution is 14.1. The molecule has 0 aliphatic rings. The smallest absolute Gasteiger partial charge is 0.338 e. The highest BCUT2D eigenvalue weighted by atomic mass is 127. The predicted octanol–water partition coefficient (Wildman–Crippen LogP) is 3.78. The second kappa shape index (κ2) is 5.86. The lowest BCUT2D eigenvalue weighted by molar-refractivity contribution is 0.0595. The maximum absolute atomic E-state index is 11.9. The van der Waals surface area contributed by atoms with Crippen molar-refractivity contribution in [1.82, 2.24) is 0 Å². The van der Waals surface area contributed by atoms with E-state index in [1.165, 1.54) is 0 Å². The van der Waals surface area contributed by atoms with Gasteiger partial charge in [-0.1, -0.05) is 18.2 Å². The van der Waals surface area contributed by atoms with E-state index in [1.54, 1.807) is 6.07 Å². The van der Waals surface area contributed by atoms with Gasteiger partial charge in [-0.2, -0.15) is 0 Å². The van der Waals surface area contributed by atoms with Crippen LogP contribution in [0.5, 0.6) is 0 Å². The third-order valence-corrected chi connectivity index (χ3v) is 3.11. The van der Waals surface area contributed by atoms with Crippen molar-refractivity contribution < 1.29 is 9.63 Å². The summed E-state index contributed by atoms with van der Waals surface area (Å²) in [5.74, 6) is -0.382. The molecule has 0 amide bonds. The molecule has 0 aliphatic heterocycles. The summed E-state index contributed by atoms with van der Waals surface area (Å²) in [5.41, 5.74) is 4.85. The van der Waals surface area contributed by atoms with E-state index in [0.29, 0.717) is 5.56 Å². The third-order valence-electron chi connectivity index (χ3n) is 2.44. The summed E-state index contributed by atoms with van der Waals surface area (Å²) in [4.78, 5) is 16.9. The fraction of sp³-hybridized carbons (Fsp3) is 0.0714. The van der Waals surface area contributed by atoms with E-state index in [1.807, 2.05) is 49.4 Å². The number of halogens is 1. The Labute approximate surface area is 119 Å². The van der Waals surface area contributed by atoms with Gasteiger partial charge in [0.2, 0.25) is 0 Å². The standard InChI is InChI=1S/C14H12INO2/c1-10-9-11(15)7-8-13(10)14(17)18-16-12-5-3-2-4-6-12/h2-9,16H,1H3. The first kappa shape index (κ1) is 12.9. The summed E-state index contributed by atoms with van der Waals surface area (Å²) in [6.07, 6.45) is 0. The van der Waals surface area contributed by atoms with Crippen LogP contribution in [-0.2, 0) is 4.84 Å². The van der Waals surface area contributed by atoms with Gasteiger partial charge in [0.1, 0.15) is 0 Å². The van der Waals surface area contributed by atoms with Crippen molar-refractivity contribution in [2.75, 3.05) is 5.48 Å². The number of benzene rings is 2. The Hall–Kier alpha value is -1.56. The number of carbonyl (C=O) groups excluding carboxylic acids is 1. The average molecular weight is 353 g/mol. The summed E-state index contributed by atoms with van der Waals surface area (Å²) < 4.78 is 1.10. The molecule has 0 saturated carbocycles. The van der Waals surface area contributed by atoms with Crippen molar-refractivity contribution in [1.29, 1.82) is 0 Å². The molecule has 2 aromatic carbocycles. The zero-order valence-electron chi connectivity index (χ0n) is 9.81. The highest BCUT2D eigenvalue weighted by Crippen LogP contribution is 2.14. The first-order valence-electron chi connectivity index (χ1n) is 5.45. The summed E-state index contributed by atoms with van der Waals surface area (Å²) in [6.45, 7) is 1.89. The van der Waals surface area contributed by atoms with Gasteiger partial charge in [-0.25, -0.2) is 10.3 Å². The zero-order valence-corrected chi connectivity index (χ0v) is 12.0. The first-order chi connectivity index (χ1) is 8.66. The highest BCUT2D eigenvalue weighted by Gasteiger charge is 2.10. The number of nitrogens with one attached hydrogen (secondary N) is 1. The van der Waals surface area contributed by atoms with Gasteiger partial charge < -0.3 is 4.84 Å². The Morgan fingerprint density at radius 3 is 2.56 bits per heavy atom. The maximum atomic E-state index is 11.9. The molecule has 0 fully saturated rings. The van der Waals surface area contributed by atoms with E-state index in [0.717, 1.165) is 14.8 Å². The van der Waals surface area contributed by atoms with Crippen LogP contribution in [0, 0.1) is 10.5 Å². The molecular formula is C14H12INO2. The van der Waals surface area contributed by atoms with E-state index in [2.05, 4.69) is 28.1 Å². The molecule has 0 aromatic heterocycles. The Bertz CT molecular complexity index is 555. The van der Waals surface area contributed by atoms with Gasteiger partial charge in [0, 0.05) is 3.57 Å². The Kier molecular flexibility index (Phi) is 4.19. The van der Waals surface area contributed by atoms with Crippen molar-refractivity contribution in [3.63, 3.8) is 0 Å².